The van der Waals surface area contributed by atoms with Gasteiger partial charge in [0.25, 0.3) is 0 Å². The van der Waals surface area contributed by atoms with Crippen LogP contribution in [0, 0.1) is 0 Å². The zero-order valence-corrected chi connectivity index (χ0v) is 10.6. The van der Waals surface area contributed by atoms with E-state index in [4.69, 9.17) is 0 Å². The summed E-state index contributed by atoms with van der Waals surface area (Å²) in [5.41, 5.74) is -1.17. The number of aliphatic hydroxyl groups is 1. The van der Waals surface area contributed by atoms with Crippen molar-refractivity contribution < 1.29 is 18.3 Å². The second-order valence-corrected chi connectivity index (χ2v) is 5.57. The molecule has 0 bridgehead atoms. The minimum Gasteiger partial charge on any atom is -0.394 e. The molecule has 2 rings (SSSR count). The Morgan fingerprint density at radius 2 is 2.06 bits per heavy atom. The van der Waals surface area contributed by atoms with Crippen LogP contribution in [0.5, 0.6) is 0 Å². The molecule has 1 heterocycles. The highest BCUT2D eigenvalue weighted by atomic mass is 32.1. The number of hydrogen-bond donors (Lipinski definition) is 2. The summed E-state index contributed by atoms with van der Waals surface area (Å²) in [5.74, 6) is 0. The fourth-order valence-corrected chi connectivity index (χ4v) is 2.97. The van der Waals surface area contributed by atoms with Gasteiger partial charge < -0.3 is 10.4 Å². The van der Waals surface area contributed by atoms with Gasteiger partial charge in [0, 0.05) is 17.5 Å². The number of thiazole rings is 1. The van der Waals surface area contributed by atoms with Crippen molar-refractivity contribution in [3.63, 3.8) is 0 Å². The molecule has 0 spiro atoms. The standard InChI is InChI=1S/C11H15F3N2OS/c12-11(13,14)8-6-18-9(16-8)5-15-10(7-17)3-1-2-4-10/h6,15,17H,1-5,7H2. The number of nitrogens with zero attached hydrogens (tertiary/aromatic N) is 1. The third-order valence-electron chi connectivity index (χ3n) is 3.32. The first-order valence-electron chi connectivity index (χ1n) is 5.83. The van der Waals surface area contributed by atoms with Crippen molar-refractivity contribution >= 4 is 11.3 Å². The lowest BCUT2D eigenvalue weighted by Crippen LogP contribution is -2.45. The summed E-state index contributed by atoms with van der Waals surface area (Å²) in [4.78, 5) is 3.56. The normalized spacial score (nSPS) is 19.3. The predicted molar refractivity (Wildman–Crippen MR) is 62.2 cm³/mol. The van der Waals surface area contributed by atoms with E-state index < -0.39 is 11.9 Å². The van der Waals surface area contributed by atoms with Gasteiger partial charge in [0.05, 0.1) is 6.61 Å². The predicted octanol–water partition coefficient (Wildman–Crippen LogP) is 2.56. The summed E-state index contributed by atoms with van der Waals surface area (Å²) in [7, 11) is 0. The molecule has 18 heavy (non-hydrogen) atoms. The SMILES string of the molecule is OCC1(NCc2nc(C(F)(F)F)cs2)CCCC1. The maximum absolute atomic E-state index is 12.4. The molecule has 1 aromatic rings. The average molecular weight is 280 g/mol. The van der Waals surface area contributed by atoms with Crippen LogP contribution >= 0.6 is 11.3 Å². The first-order chi connectivity index (χ1) is 8.45. The Bertz CT molecular complexity index is 399. The molecule has 1 saturated carbocycles. The monoisotopic (exact) mass is 280 g/mol. The van der Waals surface area contributed by atoms with E-state index in [0.717, 1.165) is 42.4 Å². The summed E-state index contributed by atoms with van der Waals surface area (Å²) < 4.78 is 37.1. The number of alkyl halides is 3. The molecule has 102 valence electrons. The van der Waals surface area contributed by atoms with Gasteiger partial charge in [0.1, 0.15) is 5.01 Å². The summed E-state index contributed by atoms with van der Waals surface area (Å²) >= 11 is 0.994. The van der Waals surface area contributed by atoms with E-state index in [1.54, 1.807) is 0 Å². The molecule has 0 aromatic carbocycles. The molecule has 0 radical (unpaired) electrons. The summed E-state index contributed by atoms with van der Waals surface area (Å²) in [6, 6.07) is 0. The van der Waals surface area contributed by atoms with Crippen molar-refractivity contribution in [1.82, 2.24) is 10.3 Å². The van der Waals surface area contributed by atoms with Gasteiger partial charge in [-0.05, 0) is 12.8 Å². The smallest absolute Gasteiger partial charge is 0.394 e. The van der Waals surface area contributed by atoms with Gasteiger partial charge in [-0.25, -0.2) is 4.98 Å². The first kappa shape index (κ1) is 13.8. The Morgan fingerprint density at radius 1 is 1.39 bits per heavy atom. The quantitative estimate of drug-likeness (QED) is 0.891. The summed E-state index contributed by atoms with van der Waals surface area (Å²) in [6.07, 6.45) is -0.572. The number of nitrogens with one attached hydrogen (secondary N) is 1. The Kier molecular flexibility index (Phi) is 3.93. The molecule has 1 aliphatic carbocycles. The van der Waals surface area contributed by atoms with E-state index in [1.165, 1.54) is 0 Å². The van der Waals surface area contributed by atoms with E-state index in [-0.39, 0.29) is 18.7 Å². The van der Waals surface area contributed by atoms with Crippen LogP contribution in [-0.4, -0.2) is 22.2 Å². The van der Waals surface area contributed by atoms with Gasteiger partial charge in [-0.1, -0.05) is 12.8 Å². The van der Waals surface area contributed by atoms with Crippen molar-refractivity contribution in [1.29, 1.82) is 0 Å². The molecule has 0 saturated heterocycles. The van der Waals surface area contributed by atoms with Gasteiger partial charge >= 0.3 is 6.18 Å². The van der Waals surface area contributed by atoms with Crippen LogP contribution < -0.4 is 5.32 Å². The second-order valence-electron chi connectivity index (χ2n) is 4.62. The molecule has 0 unspecified atom stereocenters. The van der Waals surface area contributed by atoms with Crippen molar-refractivity contribution in [2.75, 3.05) is 6.61 Å². The maximum Gasteiger partial charge on any atom is 0.434 e. The molecule has 0 amide bonds. The van der Waals surface area contributed by atoms with Gasteiger partial charge in [-0.3, -0.25) is 0 Å². The topological polar surface area (TPSA) is 45.1 Å². The van der Waals surface area contributed by atoms with Crippen molar-refractivity contribution in [2.24, 2.45) is 0 Å². The lowest BCUT2D eigenvalue weighted by molar-refractivity contribution is -0.140. The zero-order valence-electron chi connectivity index (χ0n) is 9.76. The zero-order chi connectivity index (χ0) is 13.2. The summed E-state index contributed by atoms with van der Waals surface area (Å²) in [5, 5.41) is 14.0. The van der Waals surface area contributed by atoms with E-state index >= 15 is 0 Å². The van der Waals surface area contributed by atoms with Gasteiger partial charge in [0.2, 0.25) is 0 Å². The molecule has 7 heteroatoms. The number of halogens is 3. The largest absolute Gasteiger partial charge is 0.434 e. The highest BCUT2D eigenvalue weighted by Crippen LogP contribution is 2.32. The van der Waals surface area contributed by atoms with Crippen LogP contribution in [0.15, 0.2) is 5.38 Å². The average Bonchev–Trinajstić information content (AvgIpc) is 2.96. The second kappa shape index (κ2) is 5.14. The minimum absolute atomic E-state index is 0.0184. The number of aliphatic hydroxyl groups excluding tert-OH is 1. The lowest BCUT2D eigenvalue weighted by Gasteiger charge is -2.27. The van der Waals surface area contributed by atoms with E-state index in [2.05, 4.69) is 10.3 Å². The minimum atomic E-state index is -4.38. The number of aromatic nitrogens is 1. The van der Waals surface area contributed by atoms with E-state index in [9.17, 15) is 18.3 Å². The molecular weight excluding hydrogens is 265 g/mol. The van der Waals surface area contributed by atoms with Crippen molar-refractivity contribution in [3.8, 4) is 0 Å². The highest BCUT2D eigenvalue weighted by molar-refractivity contribution is 7.09. The van der Waals surface area contributed by atoms with Crippen LogP contribution in [0.4, 0.5) is 13.2 Å². The Balaban J connectivity index is 1.96. The summed E-state index contributed by atoms with van der Waals surface area (Å²) in [6.45, 7) is 0.297. The van der Waals surface area contributed by atoms with E-state index in [1.807, 2.05) is 0 Å². The number of hydrogen-bond acceptors (Lipinski definition) is 4. The van der Waals surface area contributed by atoms with Crippen LogP contribution in [0.3, 0.4) is 0 Å². The van der Waals surface area contributed by atoms with Crippen LogP contribution in [-0.2, 0) is 12.7 Å². The maximum atomic E-state index is 12.4. The van der Waals surface area contributed by atoms with Crippen LogP contribution in [0.25, 0.3) is 0 Å². The molecule has 1 aromatic heterocycles. The first-order valence-corrected chi connectivity index (χ1v) is 6.71. The molecule has 1 fully saturated rings. The van der Waals surface area contributed by atoms with Gasteiger partial charge in [-0.2, -0.15) is 13.2 Å². The third kappa shape index (κ3) is 3.02. The third-order valence-corrected chi connectivity index (χ3v) is 4.17. The molecule has 1 aliphatic rings. The molecule has 0 atom stereocenters. The van der Waals surface area contributed by atoms with Crippen molar-refractivity contribution in [3.05, 3.63) is 16.1 Å². The molecule has 0 aliphatic heterocycles. The van der Waals surface area contributed by atoms with Crippen molar-refractivity contribution in [2.45, 2.75) is 43.9 Å². The molecule has 3 nitrogen and oxygen atoms in total. The van der Waals surface area contributed by atoms with Crippen LogP contribution in [0.1, 0.15) is 36.4 Å². The fourth-order valence-electron chi connectivity index (χ4n) is 2.23. The van der Waals surface area contributed by atoms with Gasteiger partial charge in [-0.15, -0.1) is 11.3 Å². The Morgan fingerprint density at radius 3 is 2.56 bits per heavy atom. The molecular formula is C11H15F3N2OS. The fraction of sp³-hybridized carbons (Fsp3) is 0.727. The van der Waals surface area contributed by atoms with Gasteiger partial charge in [0.15, 0.2) is 5.69 Å². The number of rotatable bonds is 4. The Hall–Kier alpha value is -0.660. The molecule has 2 N–H and O–H groups in total. The lowest BCUT2D eigenvalue weighted by atomic mass is 9.99. The van der Waals surface area contributed by atoms with E-state index in [0.29, 0.717) is 5.01 Å². The highest BCUT2D eigenvalue weighted by Gasteiger charge is 2.35. The van der Waals surface area contributed by atoms with Crippen LogP contribution in [0.2, 0.25) is 0 Å². The Labute approximate surface area is 107 Å².